The molecule has 0 fully saturated rings. The fraction of sp³-hybridized carbons (Fsp3) is 0.583. The number of nitrogens with zero attached hydrogens (tertiary/aromatic N) is 2. The number of nitrogens with one attached hydrogen (secondary N) is 1. The van der Waals surface area contributed by atoms with Gasteiger partial charge in [0, 0.05) is 18.0 Å². The minimum atomic E-state index is -6.05. The predicted octanol–water partition coefficient (Wildman–Crippen LogP) is 3.14. The lowest BCUT2D eigenvalue weighted by atomic mass is 9.95. The molecule has 0 aliphatic carbocycles. The van der Waals surface area contributed by atoms with Gasteiger partial charge in [0.05, 0.1) is 0 Å². The zero-order valence-electron chi connectivity index (χ0n) is 12.6. The number of anilines is 1. The first-order valence-corrected chi connectivity index (χ1v) is 6.26. The largest absolute Gasteiger partial charge is 0.444 e. The van der Waals surface area contributed by atoms with E-state index in [1.807, 2.05) is 5.32 Å². The maximum absolute atomic E-state index is 12.7. The van der Waals surface area contributed by atoms with Crippen molar-refractivity contribution < 1.29 is 41.0 Å². The third-order valence-electron chi connectivity index (χ3n) is 2.50. The van der Waals surface area contributed by atoms with Crippen molar-refractivity contribution >= 4 is 12.0 Å². The Hall–Kier alpha value is -2.11. The van der Waals surface area contributed by atoms with Crippen LogP contribution in [0.1, 0.15) is 26.3 Å². The highest BCUT2D eigenvalue weighted by Gasteiger charge is 2.71. The average Bonchev–Trinajstić information content (AvgIpc) is 2.33. The fourth-order valence-electron chi connectivity index (χ4n) is 1.46. The highest BCUT2D eigenvalue weighted by atomic mass is 19.4. The summed E-state index contributed by atoms with van der Waals surface area (Å²) in [7, 11) is 0. The molecule has 6 nitrogen and oxygen atoms in total. The number of carbonyl (C=O) groups excluding carboxylic acids is 1. The lowest BCUT2D eigenvalue weighted by Crippen LogP contribution is -2.54. The first kappa shape index (κ1) is 19.9. The minimum Gasteiger partial charge on any atom is -0.444 e. The van der Waals surface area contributed by atoms with Gasteiger partial charge in [-0.3, -0.25) is 5.32 Å². The molecule has 0 radical (unpaired) electrons. The fourth-order valence-corrected chi connectivity index (χ4v) is 1.46. The smallest absolute Gasteiger partial charge is 0.430 e. The number of rotatable bonds is 2. The molecule has 0 spiro atoms. The molecule has 0 aromatic carbocycles. The summed E-state index contributed by atoms with van der Waals surface area (Å²) < 4.78 is 80.8. The number of hydrogen-bond donors (Lipinski definition) is 2. The summed E-state index contributed by atoms with van der Waals surface area (Å²) in [5.74, 6) is -0.598. The molecule has 0 atom stereocenters. The number of alkyl halides is 6. The monoisotopic (exact) mass is 361 g/mol. The molecule has 1 aromatic heterocycles. The Kier molecular flexibility index (Phi) is 5.04. The van der Waals surface area contributed by atoms with E-state index in [4.69, 9.17) is 9.84 Å². The molecule has 0 unspecified atom stereocenters. The van der Waals surface area contributed by atoms with Gasteiger partial charge in [0.25, 0.3) is 5.60 Å². The van der Waals surface area contributed by atoms with Gasteiger partial charge in [0.15, 0.2) is 0 Å². The summed E-state index contributed by atoms with van der Waals surface area (Å²) >= 11 is 0. The molecule has 0 aliphatic heterocycles. The highest BCUT2D eigenvalue weighted by Crippen LogP contribution is 2.49. The van der Waals surface area contributed by atoms with E-state index in [1.54, 1.807) is 0 Å². The Balaban J connectivity index is 3.07. The van der Waals surface area contributed by atoms with Crippen LogP contribution in [0.15, 0.2) is 12.4 Å². The van der Waals surface area contributed by atoms with Crippen molar-refractivity contribution in [1.82, 2.24) is 9.97 Å². The zero-order chi connectivity index (χ0) is 19.0. The molecule has 0 aliphatic rings. The molecular formula is C12H13F6N3O3. The Morgan fingerprint density at radius 1 is 1.04 bits per heavy atom. The van der Waals surface area contributed by atoms with Crippen LogP contribution in [0, 0.1) is 0 Å². The van der Waals surface area contributed by atoms with Gasteiger partial charge in [-0.1, -0.05) is 0 Å². The quantitative estimate of drug-likeness (QED) is 0.791. The molecule has 24 heavy (non-hydrogen) atoms. The summed E-state index contributed by atoms with van der Waals surface area (Å²) in [5, 5.41) is 11.1. The van der Waals surface area contributed by atoms with Crippen molar-refractivity contribution in [3.05, 3.63) is 18.0 Å². The van der Waals surface area contributed by atoms with Crippen LogP contribution in [0.5, 0.6) is 0 Å². The topological polar surface area (TPSA) is 84.3 Å². The molecule has 0 bridgehead atoms. The second kappa shape index (κ2) is 6.07. The molecule has 2 N–H and O–H groups in total. The van der Waals surface area contributed by atoms with Crippen LogP contribution in [-0.4, -0.2) is 39.1 Å². The van der Waals surface area contributed by atoms with E-state index in [9.17, 15) is 31.1 Å². The molecule has 1 aromatic rings. The van der Waals surface area contributed by atoms with Crippen molar-refractivity contribution in [1.29, 1.82) is 0 Å². The van der Waals surface area contributed by atoms with Crippen LogP contribution in [0.4, 0.5) is 37.1 Å². The Bertz CT molecular complexity index is 578. The molecule has 0 saturated carbocycles. The SMILES string of the molecule is CC(C)(C)OC(=O)Nc1ncc(C(O)(C(F)(F)F)C(F)(F)F)cn1. The molecule has 1 amide bonds. The molecule has 0 saturated heterocycles. The van der Waals surface area contributed by atoms with Gasteiger partial charge < -0.3 is 9.84 Å². The number of aromatic nitrogens is 2. The van der Waals surface area contributed by atoms with Crippen LogP contribution in [-0.2, 0) is 10.3 Å². The number of halogens is 6. The van der Waals surface area contributed by atoms with Gasteiger partial charge in [-0.05, 0) is 20.8 Å². The van der Waals surface area contributed by atoms with E-state index in [1.165, 1.54) is 20.8 Å². The van der Waals surface area contributed by atoms with Crippen molar-refractivity contribution in [2.75, 3.05) is 5.32 Å². The van der Waals surface area contributed by atoms with Crippen molar-refractivity contribution in [3.63, 3.8) is 0 Å². The standard InChI is InChI=1S/C12H13F6N3O3/c1-9(2,3)24-8(22)21-7-19-4-6(5-20-7)10(23,11(13,14)15)12(16,17)18/h4-5,23H,1-3H3,(H,19,20,21,22). The normalized spacial score (nSPS) is 13.6. The maximum atomic E-state index is 12.7. The second-order valence-corrected chi connectivity index (χ2v) is 5.63. The van der Waals surface area contributed by atoms with E-state index in [2.05, 4.69) is 9.97 Å². The summed E-state index contributed by atoms with van der Waals surface area (Å²) in [6.45, 7) is 4.59. The maximum Gasteiger partial charge on any atom is 0.430 e. The molecule has 1 heterocycles. The van der Waals surface area contributed by atoms with Crippen molar-refractivity contribution in [2.24, 2.45) is 0 Å². The lowest BCUT2D eigenvalue weighted by molar-refractivity contribution is -0.376. The molecule has 136 valence electrons. The summed E-state index contributed by atoms with van der Waals surface area (Å²) in [5.41, 5.74) is -7.67. The number of ether oxygens (including phenoxy) is 1. The van der Waals surface area contributed by atoms with Gasteiger partial charge >= 0.3 is 18.4 Å². The van der Waals surface area contributed by atoms with Crippen LogP contribution in [0.2, 0.25) is 0 Å². The van der Waals surface area contributed by atoms with Gasteiger partial charge in [0.2, 0.25) is 5.95 Å². The Morgan fingerprint density at radius 2 is 1.46 bits per heavy atom. The Labute approximate surface area is 131 Å². The van der Waals surface area contributed by atoms with Crippen LogP contribution >= 0.6 is 0 Å². The highest BCUT2D eigenvalue weighted by molar-refractivity contribution is 5.82. The molecular weight excluding hydrogens is 348 g/mol. The van der Waals surface area contributed by atoms with Gasteiger partial charge in [-0.2, -0.15) is 26.3 Å². The number of hydrogen-bond acceptors (Lipinski definition) is 5. The van der Waals surface area contributed by atoms with Crippen molar-refractivity contribution in [3.8, 4) is 0 Å². The van der Waals surface area contributed by atoms with Gasteiger partial charge in [-0.15, -0.1) is 0 Å². The zero-order valence-corrected chi connectivity index (χ0v) is 12.6. The van der Waals surface area contributed by atoms with Crippen LogP contribution < -0.4 is 5.32 Å². The van der Waals surface area contributed by atoms with E-state index in [-0.39, 0.29) is 12.4 Å². The molecule has 1 rings (SSSR count). The number of carbonyl (C=O) groups is 1. The lowest BCUT2D eigenvalue weighted by Gasteiger charge is -2.32. The molecule has 12 heteroatoms. The van der Waals surface area contributed by atoms with E-state index in [0.29, 0.717) is 0 Å². The van der Waals surface area contributed by atoms with Gasteiger partial charge in [0.1, 0.15) is 5.60 Å². The third kappa shape index (κ3) is 4.24. The summed E-state index contributed by atoms with van der Waals surface area (Å²) in [4.78, 5) is 17.7. The summed E-state index contributed by atoms with van der Waals surface area (Å²) in [6.07, 6.45) is -12.9. The first-order chi connectivity index (χ1) is 10.6. The van der Waals surface area contributed by atoms with E-state index >= 15 is 0 Å². The number of amides is 1. The first-order valence-electron chi connectivity index (χ1n) is 6.26. The van der Waals surface area contributed by atoms with Crippen LogP contribution in [0.25, 0.3) is 0 Å². The predicted molar refractivity (Wildman–Crippen MR) is 67.9 cm³/mol. The minimum absolute atomic E-state index is 0.112. The summed E-state index contributed by atoms with van der Waals surface area (Å²) in [6, 6.07) is 0. The number of aliphatic hydroxyl groups is 1. The van der Waals surface area contributed by atoms with E-state index < -0.39 is 41.2 Å². The van der Waals surface area contributed by atoms with Crippen LogP contribution in [0.3, 0.4) is 0 Å². The average molecular weight is 361 g/mol. The van der Waals surface area contributed by atoms with Gasteiger partial charge in [-0.25, -0.2) is 14.8 Å². The third-order valence-corrected chi connectivity index (χ3v) is 2.50. The van der Waals surface area contributed by atoms with E-state index in [0.717, 1.165) is 0 Å². The Morgan fingerprint density at radius 3 is 1.79 bits per heavy atom. The second-order valence-electron chi connectivity index (χ2n) is 5.63. The van der Waals surface area contributed by atoms with Crippen molar-refractivity contribution in [2.45, 2.75) is 44.3 Å².